The second kappa shape index (κ2) is 7.73. The average Bonchev–Trinajstić information content (AvgIpc) is 2.86. The van der Waals surface area contributed by atoms with Gasteiger partial charge < -0.3 is 15.2 Å². The Kier molecular flexibility index (Phi) is 5.59. The molecule has 1 aliphatic rings. The third-order valence-corrected chi connectivity index (χ3v) is 6.17. The predicted octanol–water partition coefficient (Wildman–Crippen LogP) is 3.20. The van der Waals surface area contributed by atoms with Crippen LogP contribution in [0.2, 0.25) is 0 Å². The molecule has 3 rings (SSSR count). The molecule has 0 unspecified atom stereocenters. The number of aliphatic hydroxyl groups excluding tert-OH is 1. The van der Waals surface area contributed by atoms with Crippen LogP contribution in [0.5, 0.6) is 5.75 Å². The van der Waals surface area contributed by atoms with Gasteiger partial charge in [0.25, 0.3) is 0 Å². The highest BCUT2D eigenvalue weighted by Gasteiger charge is 2.41. The van der Waals surface area contributed by atoms with Gasteiger partial charge in [0.1, 0.15) is 5.75 Å². The van der Waals surface area contributed by atoms with E-state index in [1.165, 1.54) is 4.31 Å². The summed E-state index contributed by atoms with van der Waals surface area (Å²) in [5, 5.41) is 12.9. The fourth-order valence-electron chi connectivity index (χ4n) is 3.07. The summed E-state index contributed by atoms with van der Waals surface area (Å²) in [6.07, 6.45) is -0.148. The number of fused-ring (bicyclic) bond motifs is 1. The topological polar surface area (TPSA) is 88.4 Å². The standard InChI is InChI=1S/C18H25N3O4S/c1-19-13-15(22)10-11-20-17-8-3-4-9-18(17)21(26(20,23)24)14-6-5-7-16(12-14)25-2/h3-9,12,15,19,22-24H,10-11,13H2,1-2H3/t15-/m0/s1. The molecule has 0 radical (unpaired) electrons. The number of nitrogens with one attached hydrogen (secondary N) is 1. The SMILES string of the molecule is CNC[C@@H](O)CCN1c2ccccc2N(c2cccc(OC)c2)S1(O)O. The summed E-state index contributed by atoms with van der Waals surface area (Å²) in [7, 11) is 0.0482. The quantitative estimate of drug-likeness (QED) is 0.587. The predicted molar refractivity (Wildman–Crippen MR) is 106 cm³/mol. The van der Waals surface area contributed by atoms with E-state index in [1.54, 1.807) is 24.5 Å². The van der Waals surface area contributed by atoms with Crippen LogP contribution in [0, 0.1) is 0 Å². The molecule has 8 heteroatoms. The molecule has 0 spiro atoms. The summed E-state index contributed by atoms with van der Waals surface area (Å²) in [5.41, 5.74) is 2.07. The second-order valence-electron chi connectivity index (χ2n) is 6.08. The lowest BCUT2D eigenvalue weighted by Gasteiger charge is -2.44. The maximum Gasteiger partial charge on any atom is 0.121 e. The molecule has 0 saturated carbocycles. The average molecular weight is 379 g/mol. The van der Waals surface area contributed by atoms with Crippen molar-refractivity contribution in [2.24, 2.45) is 0 Å². The number of rotatable bonds is 7. The number of hydrogen-bond donors (Lipinski definition) is 4. The van der Waals surface area contributed by atoms with Gasteiger partial charge in [-0.05, 0) is 48.7 Å². The number of methoxy groups -OCH3 is 1. The zero-order valence-corrected chi connectivity index (χ0v) is 15.7. The molecule has 1 atom stereocenters. The number of anilines is 3. The number of para-hydroxylation sites is 2. The zero-order chi connectivity index (χ0) is 18.7. The highest BCUT2D eigenvalue weighted by Crippen LogP contribution is 2.64. The van der Waals surface area contributed by atoms with E-state index < -0.39 is 17.1 Å². The van der Waals surface area contributed by atoms with Crippen LogP contribution >= 0.6 is 11.0 Å². The number of aliphatic hydroxyl groups is 1. The summed E-state index contributed by atoms with van der Waals surface area (Å²) >= 11 is 0. The highest BCUT2D eigenvalue weighted by atomic mass is 32.3. The third kappa shape index (κ3) is 3.46. The number of likely N-dealkylation sites (N-methyl/N-ethyl adjacent to an activating group) is 1. The Morgan fingerprint density at radius 3 is 2.54 bits per heavy atom. The summed E-state index contributed by atoms with van der Waals surface area (Å²) in [6.45, 7) is 0.775. The largest absolute Gasteiger partial charge is 0.497 e. The van der Waals surface area contributed by atoms with Crippen LogP contribution in [0.25, 0.3) is 0 Å². The molecule has 142 valence electrons. The van der Waals surface area contributed by atoms with Crippen LogP contribution in [0.4, 0.5) is 17.1 Å². The van der Waals surface area contributed by atoms with Crippen LogP contribution < -0.4 is 18.7 Å². The van der Waals surface area contributed by atoms with Crippen molar-refractivity contribution in [3.05, 3.63) is 48.5 Å². The molecule has 0 amide bonds. The fraction of sp³-hybridized carbons (Fsp3) is 0.333. The Labute approximate surface area is 155 Å². The van der Waals surface area contributed by atoms with E-state index in [4.69, 9.17) is 4.74 Å². The minimum absolute atomic E-state index is 0.322. The van der Waals surface area contributed by atoms with E-state index in [9.17, 15) is 14.2 Å². The zero-order valence-electron chi connectivity index (χ0n) is 14.9. The highest BCUT2D eigenvalue weighted by molar-refractivity contribution is 8.27. The van der Waals surface area contributed by atoms with Gasteiger partial charge in [0.05, 0.1) is 30.3 Å². The molecule has 2 aromatic rings. The Balaban J connectivity index is 1.96. The second-order valence-corrected chi connectivity index (χ2v) is 7.86. The lowest BCUT2D eigenvalue weighted by atomic mass is 10.2. The van der Waals surface area contributed by atoms with Crippen molar-refractivity contribution in [1.29, 1.82) is 0 Å². The van der Waals surface area contributed by atoms with Crippen molar-refractivity contribution in [2.45, 2.75) is 12.5 Å². The van der Waals surface area contributed by atoms with Gasteiger partial charge >= 0.3 is 0 Å². The van der Waals surface area contributed by atoms with Crippen molar-refractivity contribution >= 4 is 28.0 Å². The van der Waals surface area contributed by atoms with Crippen molar-refractivity contribution in [3.8, 4) is 5.75 Å². The molecule has 7 nitrogen and oxygen atoms in total. The number of benzene rings is 2. The fourth-order valence-corrected chi connectivity index (χ4v) is 4.85. The lowest BCUT2D eigenvalue weighted by molar-refractivity contribution is 0.167. The minimum Gasteiger partial charge on any atom is -0.497 e. The smallest absolute Gasteiger partial charge is 0.121 e. The van der Waals surface area contributed by atoms with E-state index in [1.807, 2.05) is 42.5 Å². The monoisotopic (exact) mass is 379 g/mol. The Bertz CT molecular complexity index is 759. The van der Waals surface area contributed by atoms with Crippen LogP contribution in [-0.2, 0) is 0 Å². The first kappa shape index (κ1) is 18.8. The van der Waals surface area contributed by atoms with Crippen molar-refractivity contribution in [2.75, 3.05) is 35.9 Å². The molecule has 0 bridgehead atoms. The molecule has 0 fully saturated rings. The first-order chi connectivity index (χ1) is 12.5. The number of hydrogen-bond acceptors (Lipinski definition) is 7. The summed E-state index contributed by atoms with van der Waals surface area (Å²) in [4.78, 5) is 0. The van der Waals surface area contributed by atoms with Gasteiger partial charge in [0.2, 0.25) is 0 Å². The van der Waals surface area contributed by atoms with Crippen molar-refractivity contribution in [3.63, 3.8) is 0 Å². The molecule has 0 aromatic heterocycles. The molecule has 0 saturated heterocycles. The van der Waals surface area contributed by atoms with Gasteiger partial charge in [0.15, 0.2) is 0 Å². The molecule has 2 aromatic carbocycles. The van der Waals surface area contributed by atoms with Gasteiger partial charge in [-0.3, -0.25) is 13.4 Å². The van der Waals surface area contributed by atoms with Gasteiger partial charge in [-0.25, -0.2) is 4.31 Å². The molecular formula is C18H25N3O4S. The molecule has 4 N–H and O–H groups in total. The molecule has 0 aliphatic carbocycles. The van der Waals surface area contributed by atoms with Gasteiger partial charge in [-0.15, -0.1) is 0 Å². The Morgan fingerprint density at radius 1 is 1.12 bits per heavy atom. The van der Waals surface area contributed by atoms with Gasteiger partial charge in [0, 0.05) is 19.2 Å². The lowest BCUT2D eigenvalue weighted by Crippen LogP contribution is -2.34. The van der Waals surface area contributed by atoms with E-state index in [-0.39, 0.29) is 0 Å². The number of nitrogens with zero attached hydrogens (tertiary/aromatic N) is 2. The van der Waals surface area contributed by atoms with Crippen LogP contribution in [0.1, 0.15) is 6.42 Å². The van der Waals surface area contributed by atoms with Crippen molar-refractivity contribution < 1.29 is 18.9 Å². The van der Waals surface area contributed by atoms with E-state index in [2.05, 4.69) is 5.32 Å². The van der Waals surface area contributed by atoms with Crippen LogP contribution in [0.3, 0.4) is 0 Å². The molecule has 26 heavy (non-hydrogen) atoms. The maximum absolute atomic E-state index is 11.0. The number of ether oxygens (including phenoxy) is 1. The maximum atomic E-state index is 11.0. The molecule has 1 heterocycles. The summed E-state index contributed by atoms with van der Waals surface area (Å²) < 4.78 is 30.5. The minimum atomic E-state index is -3.30. The molecule has 1 aliphatic heterocycles. The van der Waals surface area contributed by atoms with E-state index >= 15 is 0 Å². The van der Waals surface area contributed by atoms with E-state index in [0.717, 1.165) is 5.69 Å². The summed E-state index contributed by atoms with van der Waals surface area (Å²) in [5.74, 6) is 0.637. The first-order valence-electron chi connectivity index (χ1n) is 8.41. The Hall–Kier alpha value is -1.97. The first-order valence-corrected chi connectivity index (χ1v) is 9.87. The van der Waals surface area contributed by atoms with Gasteiger partial charge in [-0.2, -0.15) is 0 Å². The van der Waals surface area contributed by atoms with Crippen LogP contribution in [-0.4, -0.2) is 47.6 Å². The third-order valence-electron chi connectivity index (χ3n) is 4.30. The Morgan fingerprint density at radius 2 is 1.85 bits per heavy atom. The normalized spacial score (nSPS) is 17.7. The van der Waals surface area contributed by atoms with Crippen LogP contribution in [0.15, 0.2) is 48.5 Å². The van der Waals surface area contributed by atoms with Crippen molar-refractivity contribution in [1.82, 2.24) is 5.32 Å². The van der Waals surface area contributed by atoms with E-state index in [0.29, 0.717) is 36.6 Å². The summed E-state index contributed by atoms with van der Waals surface area (Å²) in [6, 6.07) is 14.6. The van der Waals surface area contributed by atoms with Gasteiger partial charge in [-0.1, -0.05) is 18.2 Å². The molecular weight excluding hydrogens is 354 g/mol.